The highest BCUT2D eigenvalue weighted by Gasteiger charge is 2.61. The van der Waals surface area contributed by atoms with Crippen molar-refractivity contribution in [1.29, 1.82) is 0 Å². The molecular formula is C40H66O5. The molecular weight excluding hydrogens is 560 g/mol. The van der Waals surface area contributed by atoms with Crippen LogP contribution in [0.4, 0.5) is 0 Å². The van der Waals surface area contributed by atoms with Crippen molar-refractivity contribution >= 4 is 0 Å². The molecule has 1 aromatic carbocycles. The smallest absolute Gasteiger partial charge is 0.157 e. The van der Waals surface area contributed by atoms with Crippen molar-refractivity contribution in [3.63, 3.8) is 0 Å². The lowest BCUT2D eigenvalue weighted by atomic mass is 9.44. The molecule has 1 fully saturated rings. The summed E-state index contributed by atoms with van der Waals surface area (Å²) in [6.45, 7) is 19.6. The molecule has 1 unspecified atom stereocenters. The molecule has 0 heterocycles. The zero-order valence-corrected chi connectivity index (χ0v) is 30.6. The van der Waals surface area contributed by atoms with E-state index in [-0.39, 0.29) is 28.6 Å². The number of allylic oxidation sites excluding steroid dienone is 1. The van der Waals surface area contributed by atoms with Gasteiger partial charge < -0.3 is 24.1 Å². The summed E-state index contributed by atoms with van der Waals surface area (Å²) in [5, 5.41) is 12.8. The molecule has 0 radical (unpaired) electrons. The van der Waals surface area contributed by atoms with Gasteiger partial charge in [0, 0.05) is 26.1 Å². The monoisotopic (exact) mass is 626 g/mol. The average molecular weight is 627 g/mol. The molecule has 0 saturated heterocycles. The van der Waals surface area contributed by atoms with Gasteiger partial charge in [-0.3, -0.25) is 0 Å². The second kappa shape index (κ2) is 14.4. The number of hydrogen-bond acceptors (Lipinski definition) is 5. The molecule has 256 valence electrons. The van der Waals surface area contributed by atoms with E-state index in [1.54, 1.807) is 26.9 Å². The van der Waals surface area contributed by atoms with Crippen LogP contribution in [0.1, 0.15) is 125 Å². The normalized spacial score (nSPS) is 32.8. The Balaban J connectivity index is 1.59. The number of aliphatic hydroxyl groups is 1. The van der Waals surface area contributed by atoms with Gasteiger partial charge in [-0.1, -0.05) is 85.4 Å². The number of fused-ring (bicyclic) bond motifs is 2. The maximum absolute atomic E-state index is 12.8. The van der Waals surface area contributed by atoms with Gasteiger partial charge in [-0.05, 0) is 103 Å². The highest BCUT2D eigenvalue weighted by molar-refractivity contribution is 5.39. The van der Waals surface area contributed by atoms with Crippen LogP contribution in [0, 0.1) is 39.9 Å². The van der Waals surface area contributed by atoms with Gasteiger partial charge in [-0.15, -0.1) is 0 Å². The zero-order chi connectivity index (χ0) is 33.2. The Morgan fingerprint density at radius 1 is 0.844 bits per heavy atom. The second-order valence-corrected chi connectivity index (χ2v) is 16.5. The molecule has 0 amide bonds. The molecule has 0 spiro atoms. The molecule has 1 saturated carbocycles. The topological polar surface area (TPSA) is 57.2 Å². The van der Waals surface area contributed by atoms with Crippen molar-refractivity contribution in [3.05, 3.63) is 41.0 Å². The van der Waals surface area contributed by atoms with Gasteiger partial charge in [0.25, 0.3) is 0 Å². The third-order valence-electron chi connectivity index (χ3n) is 13.3. The van der Waals surface area contributed by atoms with Gasteiger partial charge in [-0.2, -0.15) is 0 Å². The molecule has 7 atom stereocenters. The number of methoxy groups -OCH3 is 3. The fraction of sp³-hybridized carbons (Fsp3) is 0.800. The Bertz CT molecular complexity index is 1130. The van der Waals surface area contributed by atoms with Crippen LogP contribution in [0.2, 0.25) is 0 Å². The summed E-state index contributed by atoms with van der Waals surface area (Å²) < 4.78 is 23.6. The van der Waals surface area contributed by atoms with Crippen molar-refractivity contribution in [2.24, 2.45) is 39.9 Å². The van der Waals surface area contributed by atoms with E-state index >= 15 is 0 Å². The van der Waals surface area contributed by atoms with E-state index in [1.165, 1.54) is 30.4 Å². The minimum atomic E-state index is -0.872. The minimum absolute atomic E-state index is 0.0439. The van der Waals surface area contributed by atoms with Crippen LogP contribution in [0.25, 0.3) is 0 Å². The first kappa shape index (κ1) is 36.4. The van der Waals surface area contributed by atoms with Crippen LogP contribution < -0.4 is 4.74 Å². The zero-order valence-electron chi connectivity index (χ0n) is 30.6. The summed E-state index contributed by atoms with van der Waals surface area (Å²) in [6, 6.07) is 8.25. The molecule has 0 aromatic heterocycles. The summed E-state index contributed by atoms with van der Waals surface area (Å²) in [4.78, 5) is 0. The van der Waals surface area contributed by atoms with E-state index in [4.69, 9.17) is 18.9 Å². The van der Waals surface area contributed by atoms with Gasteiger partial charge in [0.1, 0.15) is 5.75 Å². The van der Waals surface area contributed by atoms with Crippen LogP contribution in [-0.2, 0) is 20.8 Å². The predicted molar refractivity (Wildman–Crippen MR) is 184 cm³/mol. The van der Waals surface area contributed by atoms with Gasteiger partial charge in [-0.25, -0.2) is 0 Å². The number of rotatable bonds is 14. The molecule has 5 nitrogen and oxygen atoms in total. The molecule has 0 bridgehead atoms. The molecule has 45 heavy (non-hydrogen) atoms. The molecule has 1 N–H and O–H groups in total. The standard InChI is InChI=1S/C40H66O5/c1-27(2)13-12-14-28(3)33(25-36(43-10)44-11)39(7)24-21-31-32(40(39,8)41)19-20-34-37(4,5)35(22-23-38(31,34)6)45-26-29-15-17-30(42-9)18-16-29/h15-18,27-28,33-36,41H,12-14,19-26H2,1-11H3/t28-,33-,34?,35+,38-,39-,40-/m1/s1. The van der Waals surface area contributed by atoms with Crippen LogP contribution in [0.15, 0.2) is 35.4 Å². The van der Waals surface area contributed by atoms with Crippen molar-refractivity contribution in [2.75, 3.05) is 21.3 Å². The Kier molecular flexibility index (Phi) is 11.6. The van der Waals surface area contributed by atoms with Crippen molar-refractivity contribution < 1.29 is 24.1 Å². The average Bonchev–Trinajstić information content (AvgIpc) is 2.99. The molecule has 1 aromatic rings. The first-order chi connectivity index (χ1) is 21.1. The highest BCUT2D eigenvalue weighted by atomic mass is 16.7. The Morgan fingerprint density at radius 3 is 2.11 bits per heavy atom. The SMILES string of the molecule is COc1ccc(CO[C@H]2CC[C@]3(C)C4=C(CCC3C2(C)C)[C@@](C)(O)[C@@](C)([C@H](CC(OC)OC)[C@H](C)CCCC(C)C)CC4)cc1. The van der Waals surface area contributed by atoms with E-state index in [0.29, 0.717) is 30.3 Å². The van der Waals surface area contributed by atoms with Gasteiger partial charge >= 0.3 is 0 Å². The van der Waals surface area contributed by atoms with E-state index in [9.17, 15) is 5.11 Å². The van der Waals surface area contributed by atoms with E-state index in [1.807, 2.05) is 12.1 Å². The fourth-order valence-corrected chi connectivity index (χ4v) is 10.2. The lowest BCUT2D eigenvalue weighted by Gasteiger charge is -2.63. The quantitative estimate of drug-likeness (QED) is 0.165. The highest BCUT2D eigenvalue weighted by Crippen LogP contribution is 2.66. The maximum atomic E-state index is 12.8. The van der Waals surface area contributed by atoms with E-state index in [0.717, 1.165) is 50.7 Å². The Hall–Kier alpha value is -1.40. The number of benzene rings is 1. The number of hydrogen-bond donors (Lipinski definition) is 1. The van der Waals surface area contributed by atoms with Gasteiger partial charge in [0.2, 0.25) is 0 Å². The van der Waals surface area contributed by atoms with Crippen molar-refractivity contribution in [3.8, 4) is 5.75 Å². The van der Waals surface area contributed by atoms with Crippen molar-refractivity contribution in [1.82, 2.24) is 0 Å². The molecule has 0 aliphatic heterocycles. The third kappa shape index (κ3) is 7.08. The van der Waals surface area contributed by atoms with E-state index in [2.05, 4.69) is 67.5 Å². The summed E-state index contributed by atoms with van der Waals surface area (Å²) >= 11 is 0. The fourth-order valence-electron chi connectivity index (χ4n) is 10.2. The summed E-state index contributed by atoms with van der Waals surface area (Å²) in [6.07, 6.45) is 10.7. The van der Waals surface area contributed by atoms with Gasteiger partial charge in [0.05, 0.1) is 25.4 Å². The summed E-state index contributed by atoms with van der Waals surface area (Å²) in [7, 11) is 5.20. The van der Waals surface area contributed by atoms with E-state index < -0.39 is 5.60 Å². The van der Waals surface area contributed by atoms with Crippen LogP contribution >= 0.6 is 0 Å². The lowest BCUT2D eigenvalue weighted by Crippen LogP contribution is -2.59. The Labute approximate surface area is 275 Å². The van der Waals surface area contributed by atoms with Gasteiger partial charge in [0.15, 0.2) is 6.29 Å². The molecule has 5 heteroatoms. The van der Waals surface area contributed by atoms with Crippen molar-refractivity contribution in [2.45, 2.75) is 144 Å². The molecule has 3 aliphatic rings. The largest absolute Gasteiger partial charge is 0.497 e. The second-order valence-electron chi connectivity index (χ2n) is 16.5. The third-order valence-corrected chi connectivity index (χ3v) is 13.3. The predicted octanol–water partition coefficient (Wildman–Crippen LogP) is 9.75. The minimum Gasteiger partial charge on any atom is -0.497 e. The van der Waals surface area contributed by atoms with Crippen LogP contribution in [0.3, 0.4) is 0 Å². The first-order valence-corrected chi connectivity index (χ1v) is 17.9. The maximum Gasteiger partial charge on any atom is 0.157 e. The summed E-state index contributed by atoms with van der Waals surface area (Å²) in [5.74, 6) is 2.88. The molecule has 3 aliphatic carbocycles. The lowest BCUT2D eigenvalue weighted by molar-refractivity contribution is -0.162. The van der Waals surface area contributed by atoms with Crippen LogP contribution in [0.5, 0.6) is 5.75 Å². The summed E-state index contributed by atoms with van der Waals surface area (Å²) in [5.41, 5.74) is 3.09. The van der Waals surface area contributed by atoms with Crippen LogP contribution in [-0.4, -0.2) is 44.4 Å². The number of ether oxygens (including phenoxy) is 4. The first-order valence-electron chi connectivity index (χ1n) is 17.9. The molecule has 4 rings (SSSR count). The Morgan fingerprint density at radius 2 is 1.51 bits per heavy atom.